The molecule has 5 heteroatoms. The lowest BCUT2D eigenvalue weighted by Crippen LogP contribution is -3.00. The van der Waals surface area contributed by atoms with Gasteiger partial charge in [-0.2, -0.15) is 0 Å². The van der Waals surface area contributed by atoms with Crippen LogP contribution in [0.5, 0.6) is 0 Å². The molecule has 3 fully saturated rings. The van der Waals surface area contributed by atoms with E-state index in [1.165, 1.54) is 44.3 Å². The smallest absolute Gasteiger partial charge is 0.347 e. The lowest BCUT2D eigenvalue weighted by Gasteiger charge is -2.47. The van der Waals surface area contributed by atoms with E-state index < -0.39 is 11.6 Å². The van der Waals surface area contributed by atoms with Crippen molar-refractivity contribution in [3.63, 3.8) is 0 Å². The van der Waals surface area contributed by atoms with Gasteiger partial charge in [0.2, 0.25) is 5.60 Å². The predicted octanol–water partition coefficient (Wildman–Crippen LogP) is 2.74. The molecule has 3 aliphatic rings. The number of benzene rings is 3. The van der Waals surface area contributed by atoms with Gasteiger partial charge in [0.05, 0.1) is 26.2 Å². The van der Waals surface area contributed by atoms with Gasteiger partial charge in [0.1, 0.15) is 6.10 Å². The Morgan fingerprint density at radius 3 is 1.95 bits per heavy atom. The summed E-state index contributed by atoms with van der Waals surface area (Å²) in [6, 6.07) is 29.9. The van der Waals surface area contributed by atoms with E-state index in [-0.39, 0.29) is 23.1 Å². The molecule has 0 spiro atoms. The van der Waals surface area contributed by atoms with Crippen LogP contribution in [0.15, 0.2) is 91.0 Å². The quantitative estimate of drug-likeness (QED) is 0.340. The molecular weight excluding hydrogens is 550 g/mol. The number of rotatable bonds is 7. The maximum Gasteiger partial charge on any atom is 0.347 e. The summed E-state index contributed by atoms with van der Waals surface area (Å²) >= 11 is 0. The Kier molecular flexibility index (Phi) is 8.32. The molecule has 1 unspecified atom stereocenters. The highest BCUT2D eigenvalue weighted by Crippen LogP contribution is 2.52. The fraction of sp³-hybridized carbons (Fsp3) is 0.441. The summed E-state index contributed by atoms with van der Waals surface area (Å²) in [6.07, 6.45) is 6.83. The molecule has 39 heavy (non-hydrogen) atoms. The molecule has 3 aromatic carbocycles. The molecule has 0 radical (unpaired) electrons. The van der Waals surface area contributed by atoms with Crippen LogP contribution in [0, 0.1) is 17.8 Å². The van der Waals surface area contributed by atoms with Crippen molar-refractivity contribution in [2.75, 3.05) is 20.1 Å². The first kappa shape index (κ1) is 28.1. The predicted molar refractivity (Wildman–Crippen MR) is 149 cm³/mol. The van der Waals surface area contributed by atoms with Crippen LogP contribution < -0.4 is 17.0 Å². The summed E-state index contributed by atoms with van der Waals surface area (Å²) in [5.74, 6) is 1.17. The molecule has 4 nitrogen and oxygen atoms in total. The monoisotopic (exact) mass is 589 g/mol. The minimum Gasteiger partial charge on any atom is -1.00 e. The number of esters is 1. The second-order valence-corrected chi connectivity index (χ2v) is 12.2. The molecule has 1 saturated heterocycles. The molecule has 1 aliphatic heterocycles. The number of likely N-dealkylation sites (tertiary alicyclic amines) is 1. The lowest BCUT2D eigenvalue weighted by molar-refractivity contribution is -0.943. The van der Waals surface area contributed by atoms with Gasteiger partial charge in [-0.1, -0.05) is 91.0 Å². The number of nitrogens with zero attached hydrogens (tertiary/aromatic N) is 1. The van der Waals surface area contributed by atoms with Crippen LogP contribution in [0.4, 0.5) is 0 Å². The first-order chi connectivity index (χ1) is 18.5. The number of hydrogen-bond donors (Lipinski definition) is 1. The first-order valence-electron chi connectivity index (χ1n) is 14.4. The van der Waals surface area contributed by atoms with Gasteiger partial charge in [0, 0.05) is 11.8 Å². The maximum absolute atomic E-state index is 13.8. The summed E-state index contributed by atoms with van der Waals surface area (Å²) in [5, 5.41) is 11.9. The number of quaternary nitrogens is 1. The third-order valence-electron chi connectivity index (χ3n) is 9.93. The zero-order valence-electron chi connectivity index (χ0n) is 22.8. The van der Waals surface area contributed by atoms with Crippen LogP contribution in [0.3, 0.4) is 0 Å². The number of aliphatic hydroxyl groups is 1. The number of hydrogen-bond acceptors (Lipinski definition) is 3. The van der Waals surface area contributed by atoms with Crippen LogP contribution >= 0.6 is 0 Å². The van der Waals surface area contributed by atoms with Crippen molar-refractivity contribution < 1.29 is 36.1 Å². The van der Waals surface area contributed by atoms with Crippen molar-refractivity contribution in [3.05, 3.63) is 108 Å². The molecule has 1 N–H and O–H groups in total. The maximum atomic E-state index is 13.8. The van der Waals surface area contributed by atoms with Crippen molar-refractivity contribution in [2.24, 2.45) is 17.8 Å². The Bertz CT molecular complexity index is 1190. The molecule has 0 amide bonds. The van der Waals surface area contributed by atoms with Gasteiger partial charge in [0.15, 0.2) is 0 Å². The van der Waals surface area contributed by atoms with Crippen molar-refractivity contribution in [3.8, 4) is 0 Å². The fourth-order valence-electron chi connectivity index (χ4n) is 7.99. The van der Waals surface area contributed by atoms with Crippen molar-refractivity contribution in [1.29, 1.82) is 0 Å². The molecule has 2 aliphatic carbocycles. The number of carbonyl (C=O) groups is 1. The highest BCUT2D eigenvalue weighted by Gasteiger charge is 2.59. The van der Waals surface area contributed by atoms with E-state index in [0.29, 0.717) is 29.0 Å². The van der Waals surface area contributed by atoms with Gasteiger partial charge >= 0.3 is 5.97 Å². The Morgan fingerprint density at radius 2 is 1.38 bits per heavy atom. The fourth-order valence-corrected chi connectivity index (χ4v) is 7.99. The van der Waals surface area contributed by atoms with Gasteiger partial charge in [-0.15, -0.1) is 0 Å². The second-order valence-electron chi connectivity index (χ2n) is 12.2. The minimum atomic E-state index is -1.81. The highest BCUT2D eigenvalue weighted by atomic mass is 79.9. The number of fused-ring (bicyclic) bond motifs is 2. The van der Waals surface area contributed by atoms with Gasteiger partial charge in [-0.05, 0) is 61.1 Å². The first-order valence-corrected chi connectivity index (χ1v) is 14.4. The third kappa shape index (κ3) is 5.33. The van der Waals surface area contributed by atoms with Gasteiger partial charge < -0.3 is 31.3 Å². The molecule has 4 atom stereocenters. The Labute approximate surface area is 243 Å². The van der Waals surface area contributed by atoms with E-state index in [2.05, 4.69) is 37.4 Å². The summed E-state index contributed by atoms with van der Waals surface area (Å²) in [5.41, 5.74) is 0.741. The Balaban J connectivity index is 0.00000308. The lowest BCUT2D eigenvalue weighted by atomic mass is 9.86. The average Bonchev–Trinajstić information content (AvgIpc) is 3.54. The van der Waals surface area contributed by atoms with Crippen LogP contribution in [0.25, 0.3) is 0 Å². The second kappa shape index (κ2) is 11.6. The van der Waals surface area contributed by atoms with Gasteiger partial charge in [-0.25, -0.2) is 4.79 Å². The Hall–Kier alpha value is -2.47. The molecule has 2 bridgehead atoms. The number of carbonyl (C=O) groups excluding carboxylic acids is 1. The third-order valence-corrected chi connectivity index (χ3v) is 9.93. The molecular formula is C34H40BrNO3. The zero-order valence-corrected chi connectivity index (χ0v) is 24.4. The highest BCUT2D eigenvalue weighted by molar-refractivity contribution is 5.85. The normalized spacial score (nSPS) is 29.9. The number of halogens is 1. The molecule has 0 aromatic heterocycles. The topological polar surface area (TPSA) is 46.5 Å². The van der Waals surface area contributed by atoms with Crippen LogP contribution in [-0.4, -0.2) is 47.8 Å². The van der Waals surface area contributed by atoms with E-state index >= 15 is 0 Å². The van der Waals surface area contributed by atoms with E-state index in [0.717, 1.165) is 23.2 Å². The number of piperidine rings is 1. The Morgan fingerprint density at radius 1 is 0.846 bits per heavy atom. The minimum absolute atomic E-state index is 0. The molecule has 2 saturated carbocycles. The summed E-state index contributed by atoms with van der Waals surface area (Å²) in [7, 11) is 2.45. The SMILES string of the molecule is C[N+]1(C2[C@H]3CC[C@@H]2[C@H](OC(=O)C(O)(c2ccccc2)c2ccccc2)C3)CCC(Cc2ccccc2)CC1.[Br-]. The van der Waals surface area contributed by atoms with E-state index in [4.69, 9.17) is 4.74 Å². The number of ether oxygens (including phenoxy) is 1. The summed E-state index contributed by atoms with van der Waals surface area (Å²) < 4.78 is 7.39. The van der Waals surface area contributed by atoms with Crippen LogP contribution in [0.2, 0.25) is 0 Å². The molecule has 206 valence electrons. The van der Waals surface area contributed by atoms with Crippen molar-refractivity contribution in [1.82, 2.24) is 0 Å². The van der Waals surface area contributed by atoms with Crippen LogP contribution in [0.1, 0.15) is 48.8 Å². The van der Waals surface area contributed by atoms with Crippen molar-refractivity contribution >= 4 is 5.97 Å². The average molecular weight is 591 g/mol. The van der Waals surface area contributed by atoms with E-state index in [1.807, 2.05) is 60.7 Å². The zero-order chi connectivity index (χ0) is 26.2. The van der Waals surface area contributed by atoms with Gasteiger partial charge in [0.25, 0.3) is 0 Å². The summed E-state index contributed by atoms with van der Waals surface area (Å²) in [4.78, 5) is 13.8. The van der Waals surface area contributed by atoms with E-state index in [9.17, 15) is 9.90 Å². The molecule has 6 rings (SSSR count). The van der Waals surface area contributed by atoms with Crippen LogP contribution in [-0.2, 0) is 21.6 Å². The van der Waals surface area contributed by atoms with Gasteiger partial charge in [-0.3, -0.25) is 0 Å². The standard InChI is InChI=1S/C34H40NO3.BrH/c1-35(21-19-26(20-22-35)23-25-11-5-2-6-12-25)32-27-17-18-30(32)31(24-27)38-33(36)34(37,28-13-7-3-8-14-28)29-15-9-4-10-16-29;/h2-16,26-27,30-32,37H,17-24H2,1H3;1H/q+1;/p-1/t26?,27-,30+,31+,32?,35?;/m0./s1. The summed E-state index contributed by atoms with van der Waals surface area (Å²) in [6.45, 7) is 2.40. The molecule has 1 heterocycles. The van der Waals surface area contributed by atoms with Crippen molar-refractivity contribution in [2.45, 2.75) is 56.3 Å². The molecule has 3 aromatic rings. The largest absolute Gasteiger partial charge is 1.00 e. The van der Waals surface area contributed by atoms with E-state index in [1.54, 1.807) is 0 Å².